The van der Waals surface area contributed by atoms with E-state index >= 15 is 0 Å². The molecule has 0 bridgehead atoms. The van der Waals surface area contributed by atoms with Crippen LogP contribution in [0, 0.1) is 12.7 Å². The second kappa shape index (κ2) is 10.3. The van der Waals surface area contributed by atoms with Crippen LogP contribution in [0.4, 0.5) is 10.1 Å². The maximum Gasteiger partial charge on any atom is 0.234 e. The summed E-state index contributed by atoms with van der Waals surface area (Å²) in [6.45, 7) is 6.25. The number of halogens is 2. The van der Waals surface area contributed by atoms with Gasteiger partial charge in [-0.25, -0.2) is 4.39 Å². The quantitative estimate of drug-likeness (QED) is 0.375. The fourth-order valence-electron chi connectivity index (χ4n) is 2.63. The Bertz CT molecular complexity index is 1060. The summed E-state index contributed by atoms with van der Waals surface area (Å²) in [6.07, 6.45) is 1.70. The predicted molar refractivity (Wildman–Crippen MR) is 116 cm³/mol. The Balaban J connectivity index is 1.63. The SMILES string of the molecule is C=CCn1c(COc2ccc(F)cc2Cl)nnc1SCC(=O)Nc1cccc(C)c1. The molecule has 1 heterocycles. The van der Waals surface area contributed by atoms with Crippen LogP contribution in [0.2, 0.25) is 5.02 Å². The van der Waals surface area contributed by atoms with Gasteiger partial charge in [0.25, 0.3) is 0 Å². The van der Waals surface area contributed by atoms with E-state index in [1.54, 1.807) is 10.6 Å². The molecular weight excluding hydrogens is 427 g/mol. The van der Waals surface area contributed by atoms with Gasteiger partial charge in [0.05, 0.1) is 10.8 Å². The number of hydrogen-bond donors (Lipinski definition) is 1. The van der Waals surface area contributed by atoms with Gasteiger partial charge >= 0.3 is 0 Å². The number of thioether (sulfide) groups is 1. The van der Waals surface area contributed by atoms with Crippen LogP contribution >= 0.6 is 23.4 Å². The molecule has 1 aromatic heterocycles. The first kappa shape index (κ1) is 21.9. The largest absolute Gasteiger partial charge is 0.484 e. The molecule has 0 radical (unpaired) electrons. The van der Waals surface area contributed by atoms with Crippen molar-refractivity contribution >= 4 is 35.0 Å². The van der Waals surface area contributed by atoms with Gasteiger partial charge in [-0.2, -0.15) is 0 Å². The number of amides is 1. The topological polar surface area (TPSA) is 69.0 Å². The van der Waals surface area contributed by atoms with Crippen LogP contribution < -0.4 is 10.1 Å². The van der Waals surface area contributed by atoms with Crippen LogP contribution in [-0.2, 0) is 17.9 Å². The summed E-state index contributed by atoms with van der Waals surface area (Å²) in [4.78, 5) is 12.3. The van der Waals surface area contributed by atoms with Crippen LogP contribution in [0.3, 0.4) is 0 Å². The minimum absolute atomic E-state index is 0.0856. The molecule has 0 fully saturated rings. The number of nitrogens with one attached hydrogen (secondary N) is 1. The first-order chi connectivity index (χ1) is 14.5. The number of anilines is 1. The number of ether oxygens (including phenoxy) is 1. The Morgan fingerprint density at radius 1 is 1.33 bits per heavy atom. The maximum absolute atomic E-state index is 13.2. The molecule has 9 heteroatoms. The van der Waals surface area contributed by atoms with Crippen LogP contribution in [-0.4, -0.2) is 26.4 Å². The molecule has 3 rings (SSSR count). The van der Waals surface area contributed by atoms with E-state index < -0.39 is 5.82 Å². The smallest absolute Gasteiger partial charge is 0.234 e. The molecule has 156 valence electrons. The van der Waals surface area contributed by atoms with Crippen molar-refractivity contribution in [2.45, 2.75) is 25.2 Å². The number of aromatic nitrogens is 3. The van der Waals surface area contributed by atoms with Gasteiger partial charge in [0.15, 0.2) is 11.0 Å². The first-order valence-electron chi connectivity index (χ1n) is 9.06. The van der Waals surface area contributed by atoms with Gasteiger partial charge in [-0.15, -0.1) is 16.8 Å². The van der Waals surface area contributed by atoms with Gasteiger partial charge in [-0.1, -0.05) is 41.6 Å². The molecule has 0 saturated carbocycles. The number of nitrogens with zero attached hydrogens (tertiary/aromatic N) is 3. The summed E-state index contributed by atoms with van der Waals surface area (Å²) in [5.41, 5.74) is 1.82. The molecule has 0 atom stereocenters. The summed E-state index contributed by atoms with van der Waals surface area (Å²) in [7, 11) is 0. The lowest BCUT2D eigenvalue weighted by atomic mass is 10.2. The van der Waals surface area contributed by atoms with Crippen molar-refractivity contribution in [3.63, 3.8) is 0 Å². The summed E-state index contributed by atoms with van der Waals surface area (Å²) in [6, 6.07) is 11.5. The van der Waals surface area contributed by atoms with Crippen molar-refractivity contribution in [2.75, 3.05) is 11.1 Å². The highest BCUT2D eigenvalue weighted by molar-refractivity contribution is 7.99. The lowest BCUT2D eigenvalue weighted by Gasteiger charge is -2.10. The van der Waals surface area contributed by atoms with E-state index in [1.807, 2.05) is 31.2 Å². The minimum Gasteiger partial charge on any atom is -0.484 e. The van der Waals surface area contributed by atoms with Gasteiger partial charge < -0.3 is 10.1 Å². The number of aryl methyl sites for hydroxylation is 1. The minimum atomic E-state index is -0.440. The normalized spacial score (nSPS) is 10.6. The molecule has 6 nitrogen and oxygen atoms in total. The van der Waals surface area contributed by atoms with Crippen molar-refractivity contribution in [3.8, 4) is 5.75 Å². The van der Waals surface area contributed by atoms with E-state index in [0.29, 0.717) is 23.3 Å². The molecule has 0 aliphatic rings. The average Bonchev–Trinajstić information content (AvgIpc) is 3.08. The summed E-state index contributed by atoms with van der Waals surface area (Å²) < 4.78 is 20.6. The third-order valence-electron chi connectivity index (χ3n) is 3.99. The Morgan fingerprint density at radius 2 is 2.17 bits per heavy atom. The summed E-state index contributed by atoms with van der Waals surface area (Å²) in [5.74, 6) is 0.475. The highest BCUT2D eigenvalue weighted by Gasteiger charge is 2.15. The lowest BCUT2D eigenvalue weighted by molar-refractivity contribution is -0.113. The summed E-state index contributed by atoms with van der Waals surface area (Å²) in [5, 5.41) is 11.9. The van der Waals surface area contributed by atoms with Crippen molar-refractivity contribution in [1.29, 1.82) is 0 Å². The van der Waals surface area contributed by atoms with Crippen molar-refractivity contribution in [1.82, 2.24) is 14.8 Å². The van der Waals surface area contributed by atoms with E-state index in [-0.39, 0.29) is 23.3 Å². The van der Waals surface area contributed by atoms with E-state index in [0.717, 1.165) is 11.3 Å². The molecule has 3 aromatic rings. The number of rotatable bonds is 9. The standard InChI is InChI=1S/C21H20ClFN4O2S/c1-3-9-27-19(12-29-18-8-7-15(23)11-17(18)22)25-26-21(27)30-13-20(28)24-16-6-4-5-14(2)10-16/h3-8,10-11H,1,9,12-13H2,2H3,(H,24,28). The molecule has 0 aliphatic carbocycles. The van der Waals surface area contributed by atoms with Gasteiger partial charge in [0.1, 0.15) is 18.2 Å². The van der Waals surface area contributed by atoms with Gasteiger partial charge in [0.2, 0.25) is 5.91 Å². The molecule has 0 spiro atoms. The Hall–Kier alpha value is -2.84. The lowest BCUT2D eigenvalue weighted by Crippen LogP contribution is -2.15. The monoisotopic (exact) mass is 446 g/mol. The van der Waals surface area contributed by atoms with Crippen molar-refractivity contribution < 1.29 is 13.9 Å². The van der Waals surface area contributed by atoms with Gasteiger partial charge in [-0.05, 0) is 42.8 Å². The number of carbonyl (C=O) groups is 1. The molecule has 0 saturated heterocycles. The first-order valence-corrected chi connectivity index (χ1v) is 10.4. The van der Waals surface area contributed by atoms with Crippen molar-refractivity contribution in [2.24, 2.45) is 0 Å². The van der Waals surface area contributed by atoms with Crippen LogP contribution in [0.25, 0.3) is 0 Å². The second-order valence-electron chi connectivity index (χ2n) is 6.37. The average molecular weight is 447 g/mol. The van der Waals surface area contributed by atoms with Crippen LogP contribution in [0.1, 0.15) is 11.4 Å². The molecule has 1 N–H and O–H groups in total. The summed E-state index contributed by atoms with van der Waals surface area (Å²) >= 11 is 7.25. The second-order valence-corrected chi connectivity index (χ2v) is 7.72. The molecule has 0 unspecified atom stereocenters. The molecular formula is C21H20ClFN4O2S. The van der Waals surface area contributed by atoms with Crippen LogP contribution in [0.15, 0.2) is 60.3 Å². The Labute approximate surface area is 183 Å². The predicted octanol–water partition coefficient (Wildman–Crippen LogP) is 4.87. The molecule has 2 aromatic carbocycles. The van der Waals surface area contributed by atoms with E-state index in [4.69, 9.17) is 16.3 Å². The fourth-order valence-corrected chi connectivity index (χ4v) is 3.62. The van der Waals surface area contributed by atoms with E-state index in [2.05, 4.69) is 22.1 Å². The highest BCUT2D eigenvalue weighted by atomic mass is 35.5. The van der Waals surface area contributed by atoms with Gasteiger partial charge in [-0.3, -0.25) is 9.36 Å². The van der Waals surface area contributed by atoms with Crippen LogP contribution in [0.5, 0.6) is 5.75 Å². The van der Waals surface area contributed by atoms with Gasteiger partial charge in [0, 0.05) is 12.2 Å². The zero-order valence-corrected chi connectivity index (χ0v) is 17.8. The van der Waals surface area contributed by atoms with E-state index in [9.17, 15) is 9.18 Å². The van der Waals surface area contributed by atoms with E-state index in [1.165, 1.54) is 30.0 Å². The molecule has 1 amide bonds. The number of carbonyl (C=O) groups excluding carboxylic acids is 1. The third kappa shape index (κ3) is 5.84. The number of benzene rings is 2. The van der Waals surface area contributed by atoms with Crippen molar-refractivity contribution in [3.05, 3.63) is 77.3 Å². The maximum atomic E-state index is 13.2. The molecule has 0 aliphatic heterocycles. The zero-order valence-electron chi connectivity index (χ0n) is 16.3. The molecule has 30 heavy (non-hydrogen) atoms. The zero-order chi connectivity index (χ0) is 21.5. The fraction of sp³-hybridized carbons (Fsp3) is 0.190. The number of allylic oxidation sites excluding steroid dienone is 1. The third-order valence-corrected chi connectivity index (χ3v) is 5.25. The number of hydrogen-bond acceptors (Lipinski definition) is 5. The highest BCUT2D eigenvalue weighted by Crippen LogP contribution is 2.26. The Morgan fingerprint density at radius 3 is 2.90 bits per heavy atom. The Kier molecular flexibility index (Phi) is 7.48.